The van der Waals surface area contributed by atoms with E-state index in [-0.39, 0.29) is 18.5 Å². The summed E-state index contributed by atoms with van der Waals surface area (Å²) in [6, 6.07) is 4.75. The van der Waals surface area contributed by atoms with Crippen LogP contribution >= 0.6 is 0 Å². The van der Waals surface area contributed by atoms with E-state index in [1.807, 2.05) is 6.92 Å². The molecule has 0 amide bonds. The summed E-state index contributed by atoms with van der Waals surface area (Å²) in [5, 5.41) is 3.25. The molecule has 1 aromatic carbocycles. The highest BCUT2D eigenvalue weighted by atomic mass is 32.2. The van der Waals surface area contributed by atoms with Gasteiger partial charge in [-0.1, -0.05) is 6.07 Å². The van der Waals surface area contributed by atoms with Gasteiger partial charge in [0.25, 0.3) is 0 Å². The highest BCUT2D eigenvalue weighted by molar-refractivity contribution is 7.92. The predicted octanol–water partition coefficient (Wildman–Crippen LogP) is 2.03. The molecule has 1 aromatic rings. The van der Waals surface area contributed by atoms with E-state index in [0.29, 0.717) is 24.9 Å². The van der Waals surface area contributed by atoms with Crippen LogP contribution in [0.4, 0.5) is 4.39 Å². The molecule has 2 rings (SSSR count). The summed E-state index contributed by atoms with van der Waals surface area (Å²) in [4.78, 5) is 0. The average Bonchev–Trinajstić information content (AvgIpc) is 3.20. The van der Waals surface area contributed by atoms with Crippen LogP contribution in [0.3, 0.4) is 0 Å². The van der Waals surface area contributed by atoms with Crippen molar-refractivity contribution in [2.75, 3.05) is 13.4 Å². The lowest BCUT2D eigenvalue weighted by atomic mass is 10.1. The van der Waals surface area contributed by atoms with Gasteiger partial charge in [0.05, 0.1) is 11.4 Å². The van der Waals surface area contributed by atoms with Crippen molar-refractivity contribution in [2.24, 2.45) is 0 Å². The summed E-state index contributed by atoms with van der Waals surface area (Å²) < 4.78 is 41.6. The lowest BCUT2D eigenvalue weighted by molar-refractivity contribution is 0.181. The van der Waals surface area contributed by atoms with Gasteiger partial charge in [-0.25, -0.2) is 12.8 Å². The van der Waals surface area contributed by atoms with Gasteiger partial charge in [0.15, 0.2) is 9.84 Å². The molecule has 1 N–H and O–H groups in total. The van der Waals surface area contributed by atoms with Crippen LogP contribution in [-0.4, -0.2) is 32.6 Å². The molecule has 0 heterocycles. The predicted molar refractivity (Wildman–Crippen MR) is 80.2 cm³/mol. The Balaban J connectivity index is 2.02. The standard InChI is InChI=1S/C15H22FNO3S/c1-11(15(6-7-15)21(3,18)19)17-9-12-4-5-14(16)13(8-12)10-20-2/h4-5,8,11,17H,6-7,9-10H2,1-3H3. The number of hydrogen-bond acceptors (Lipinski definition) is 4. The Bertz CT molecular complexity index is 611. The second kappa shape index (κ2) is 6.02. The molecule has 0 aliphatic heterocycles. The van der Waals surface area contributed by atoms with Crippen LogP contribution in [0, 0.1) is 5.82 Å². The van der Waals surface area contributed by atoms with Crippen molar-refractivity contribution in [2.45, 2.75) is 43.7 Å². The number of halogens is 1. The van der Waals surface area contributed by atoms with Crippen molar-refractivity contribution < 1.29 is 17.5 Å². The van der Waals surface area contributed by atoms with Gasteiger partial charge >= 0.3 is 0 Å². The number of methoxy groups -OCH3 is 1. The third-order valence-corrected chi connectivity index (χ3v) is 6.53. The van der Waals surface area contributed by atoms with E-state index in [0.717, 1.165) is 5.56 Å². The molecule has 0 bridgehead atoms. The summed E-state index contributed by atoms with van der Waals surface area (Å²) in [6.07, 6.45) is 2.71. The molecular formula is C15H22FNO3S. The van der Waals surface area contributed by atoms with E-state index in [2.05, 4.69) is 5.32 Å². The first-order valence-electron chi connectivity index (χ1n) is 6.99. The molecule has 21 heavy (non-hydrogen) atoms. The summed E-state index contributed by atoms with van der Waals surface area (Å²) in [5.41, 5.74) is 1.42. The number of rotatable bonds is 7. The lowest BCUT2D eigenvalue weighted by Gasteiger charge is -2.23. The van der Waals surface area contributed by atoms with Crippen molar-refractivity contribution in [3.63, 3.8) is 0 Å². The zero-order chi connectivity index (χ0) is 15.7. The van der Waals surface area contributed by atoms with Gasteiger partial charge in [-0.3, -0.25) is 0 Å². The Kier molecular flexibility index (Phi) is 4.70. The van der Waals surface area contributed by atoms with Crippen LogP contribution in [0.1, 0.15) is 30.9 Å². The Morgan fingerprint density at radius 2 is 2.10 bits per heavy atom. The summed E-state index contributed by atoms with van der Waals surface area (Å²) in [6.45, 7) is 2.63. The summed E-state index contributed by atoms with van der Waals surface area (Å²) >= 11 is 0. The minimum absolute atomic E-state index is 0.122. The Labute approximate surface area is 125 Å². The summed E-state index contributed by atoms with van der Waals surface area (Å²) in [7, 11) is -1.54. The largest absolute Gasteiger partial charge is 0.380 e. The fraction of sp³-hybridized carbons (Fsp3) is 0.600. The Morgan fingerprint density at radius 3 is 2.62 bits per heavy atom. The first-order chi connectivity index (χ1) is 9.80. The second-order valence-corrected chi connectivity index (χ2v) is 8.16. The SMILES string of the molecule is COCc1cc(CNC(C)C2(S(C)(=O)=O)CC2)ccc1F. The molecule has 118 valence electrons. The molecule has 1 atom stereocenters. The van der Waals surface area contributed by atoms with Crippen molar-refractivity contribution in [1.82, 2.24) is 5.32 Å². The highest BCUT2D eigenvalue weighted by Gasteiger charge is 2.55. The molecule has 4 nitrogen and oxygen atoms in total. The highest BCUT2D eigenvalue weighted by Crippen LogP contribution is 2.46. The minimum atomic E-state index is -3.06. The van der Waals surface area contributed by atoms with Crippen LogP contribution in [0.15, 0.2) is 18.2 Å². The molecule has 0 aromatic heterocycles. The Morgan fingerprint density at radius 1 is 1.43 bits per heavy atom. The van der Waals surface area contributed by atoms with Crippen molar-refractivity contribution >= 4 is 9.84 Å². The maximum atomic E-state index is 13.5. The van der Waals surface area contributed by atoms with Crippen LogP contribution in [-0.2, 0) is 27.7 Å². The van der Waals surface area contributed by atoms with Crippen molar-refractivity contribution in [1.29, 1.82) is 0 Å². The van der Waals surface area contributed by atoms with Gasteiger partial charge in [0, 0.05) is 31.5 Å². The van der Waals surface area contributed by atoms with Gasteiger partial charge in [-0.2, -0.15) is 0 Å². The molecule has 6 heteroatoms. The van der Waals surface area contributed by atoms with Gasteiger partial charge in [-0.15, -0.1) is 0 Å². The molecule has 0 spiro atoms. The molecule has 1 aliphatic rings. The fourth-order valence-corrected chi connectivity index (χ4v) is 4.28. The van der Waals surface area contributed by atoms with Crippen LogP contribution in [0.2, 0.25) is 0 Å². The lowest BCUT2D eigenvalue weighted by Crippen LogP contribution is -2.43. The van der Waals surface area contributed by atoms with Crippen LogP contribution in [0.5, 0.6) is 0 Å². The van der Waals surface area contributed by atoms with Gasteiger partial charge in [0.1, 0.15) is 5.82 Å². The number of benzene rings is 1. The average molecular weight is 315 g/mol. The molecule has 0 radical (unpaired) electrons. The molecule has 0 saturated heterocycles. The van der Waals surface area contributed by atoms with E-state index < -0.39 is 14.6 Å². The monoisotopic (exact) mass is 315 g/mol. The number of hydrogen-bond donors (Lipinski definition) is 1. The maximum absolute atomic E-state index is 13.5. The van der Waals surface area contributed by atoms with Crippen molar-refractivity contribution in [3.05, 3.63) is 35.1 Å². The minimum Gasteiger partial charge on any atom is -0.380 e. The van der Waals surface area contributed by atoms with Crippen LogP contribution in [0.25, 0.3) is 0 Å². The zero-order valence-electron chi connectivity index (χ0n) is 12.6. The van der Waals surface area contributed by atoms with E-state index in [1.165, 1.54) is 19.4 Å². The zero-order valence-corrected chi connectivity index (χ0v) is 13.5. The molecule has 1 unspecified atom stereocenters. The molecule has 1 fully saturated rings. The number of sulfone groups is 1. The molecule has 1 aliphatic carbocycles. The molecule has 1 saturated carbocycles. The van der Waals surface area contributed by atoms with E-state index in [9.17, 15) is 12.8 Å². The van der Waals surface area contributed by atoms with Gasteiger partial charge < -0.3 is 10.1 Å². The van der Waals surface area contributed by atoms with Crippen molar-refractivity contribution in [3.8, 4) is 0 Å². The van der Waals surface area contributed by atoms with E-state index in [4.69, 9.17) is 4.74 Å². The Hall–Kier alpha value is -0.980. The van der Waals surface area contributed by atoms with E-state index >= 15 is 0 Å². The smallest absolute Gasteiger partial charge is 0.154 e. The quantitative estimate of drug-likeness (QED) is 0.836. The number of nitrogens with one attached hydrogen (secondary N) is 1. The second-order valence-electron chi connectivity index (χ2n) is 5.80. The normalized spacial score (nSPS) is 18.5. The van der Waals surface area contributed by atoms with Crippen LogP contribution < -0.4 is 5.32 Å². The first-order valence-corrected chi connectivity index (χ1v) is 8.88. The van der Waals surface area contributed by atoms with E-state index in [1.54, 1.807) is 12.1 Å². The maximum Gasteiger partial charge on any atom is 0.154 e. The first kappa shape index (κ1) is 16.4. The number of ether oxygens (including phenoxy) is 1. The molecular weight excluding hydrogens is 293 g/mol. The third kappa shape index (κ3) is 3.44. The third-order valence-electron chi connectivity index (χ3n) is 4.29. The topological polar surface area (TPSA) is 55.4 Å². The fourth-order valence-electron chi connectivity index (χ4n) is 2.71. The van der Waals surface area contributed by atoms with Gasteiger partial charge in [0.2, 0.25) is 0 Å². The summed E-state index contributed by atoms with van der Waals surface area (Å²) in [5.74, 6) is -0.288. The van der Waals surface area contributed by atoms with Gasteiger partial charge in [-0.05, 0) is 37.5 Å².